The Kier molecular flexibility index (Phi) is 5.61. The maximum Gasteiger partial charge on any atom is 0.228 e. The van der Waals surface area contributed by atoms with E-state index in [0.717, 1.165) is 38.4 Å². The second-order valence-electron chi connectivity index (χ2n) is 5.96. The van der Waals surface area contributed by atoms with Crippen molar-refractivity contribution in [1.82, 2.24) is 14.8 Å². The van der Waals surface area contributed by atoms with Gasteiger partial charge in [0.1, 0.15) is 6.26 Å². The molecule has 1 aromatic carbocycles. The summed E-state index contributed by atoms with van der Waals surface area (Å²) in [6, 6.07) is 9.69. The summed E-state index contributed by atoms with van der Waals surface area (Å²) in [4.78, 5) is 20.8. The van der Waals surface area contributed by atoms with Crippen LogP contribution in [0.4, 0.5) is 0 Å². The summed E-state index contributed by atoms with van der Waals surface area (Å²) in [7, 11) is 1.83. The van der Waals surface area contributed by atoms with Crippen LogP contribution in [0.15, 0.2) is 41.0 Å². The lowest BCUT2D eigenvalue weighted by atomic mass is 10.2. The van der Waals surface area contributed by atoms with Crippen LogP contribution in [-0.4, -0.2) is 67.1 Å². The molecular formula is C18H23N3O3. The smallest absolute Gasteiger partial charge is 0.228 e. The first-order valence-electron chi connectivity index (χ1n) is 8.26. The first kappa shape index (κ1) is 16.7. The summed E-state index contributed by atoms with van der Waals surface area (Å²) >= 11 is 0. The minimum Gasteiger partial charge on any atom is -0.444 e. The lowest BCUT2D eigenvalue weighted by Gasteiger charge is -2.28. The maximum atomic E-state index is 12.3. The van der Waals surface area contributed by atoms with Gasteiger partial charge in [-0.25, -0.2) is 4.98 Å². The lowest BCUT2D eigenvalue weighted by Crippen LogP contribution is -2.42. The molecule has 0 aliphatic carbocycles. The fourth-order valence-electron chi connectivity index (χ4n) is 2.63. The van der Waals surface area contributed by atoms with Crippen molar-refractivity contribution in [3.8, 4) is 11.5 Å². The summed E-state index contributed by atoms with van der Waals surface area (Å²) in [5.41, 5.74) is 1.58. The van der Waals surface area contributed by atoms with E-state index in [1.54, 1.807) is 11.2 Å². The molecule has 0 unspecified atom stereocenters. The van der Waals surface area contributed by atoms with Gasteiger partial charge in [0.05, 0.1) is 25.3 Å². The number of benzene rings is 1. The first-order valence-corrected chi connectivity index (χ1v) is 8.26. The van der Waals surface area contributed by atoms with Crippen molar-refractivity contribution in [3.63, 3.8) is 0 Å². The number of rotatable bonds is 6. The monoisotopic (exact) mass is 329 g/mol. The molecule has 128 valence electrons. The number of carbonyl (C=O) groups excluding carboxylic acids is 1. The Morgan fingerprint density at radius 3 is 2.75 bits per heavy atom. The van der Waals surface area contributed by atoms with E-state index < -0.39 is 0 Å². The highest BCUT2D eigenvalue weighted by Crippen LogP contribution is 2.18. The standard InChI is InChI=1S/C18H23N3O3/c1-20(7-8-21-9-11-23-12-10-21)17(22)13-16-14-24-18(19-16)15-5-3-2-4-6-15/h2-6,14H,7-13H2,1H3. The van der Waals surface area contributed by atoms with Gasteiger partial charge < -0.3 is 14.1 Å². The Morgan fingerprint density at radius 1 is 1.25 bits per heavy atom. The van der Waals surface area contributed by atoms with Crippen LogP contribution >= 0.6 is 0 Å². The third kappa shape index (κ3) is 4.43. The van der Waals surface area contributed by atoms with Crippen molar-refractivity contribution < 1.29 is 13.9 Å². The van der Waals surface area contributed by atoms with E-state index in [0.29, 0.717) is 18.1 Å². The molecule has 2 aromatic rings. The van der Waals surface area contributed by atoms with Crippen LogP contribution in [0.3, 0.4) is 0 Å². The van der Waals surface area contributed by atoms with Gasteiger partial charge in [0, 0.05) is 38.8 Å². The molecule has 0 spiro atoms. The van der Waals surface area contributed by atoms with Crippen molar-refractivity contribution in [2.75, 3.05) is 46.4 Å². The van der Waals surface area contributed by atoms with Crippen molar-refractivity contribution in [2.24, 2.45) is 0 Å². The van der Waals surface area contributed by atoms with Gasteiger partial charge in [0.2, 0.25) is 11.8 Å². The topological polar surface area (TPSA) is 58.8 Å². The van der Waals surface area contributed by atoms with Crippen LogP contribution in [0.2, 0.25) is 0 Å². The summed E-state index contributed by atoms with van der Waals surface area (Å²) < 4.78 is 10.8. The molecule has 3 rings (SSSR count). The zero-order chi connectivity index (χ0) is 16.8. The molecule has 1 saturated heterocycles. The van der Waals surface area contributed by atoms with E-state index in [2.05, 4.69) is 9.88 Å². The third-order valence-electron chi connectivity index (χ3n) is 4.19. The molecule has 0 radical (unpaired) electrons. The fourth-order valence-corrected chi connectivity index (χ4v) is 2.63. The second-order valence-corrected chi connectivity index (χ2v) is 5.96. The quantitative estimate of drug-likeness (QED) is 0.807. The Labute approximate surface area is 142 Å². The highest BCUT2D eigenvalue weighted by molar-refractivity contribution is 5.78. The van der Waals surface area contributed by atoms with Crippen LogP contribution in [0.1, 0.15) is 5.69 Å². The van der Waals surface area contributed by atoms with Gasteiger partial charge in [0.15, 0.2) is 0 Å². The number of ether oxygens (including phenoxy) is 1. The molecule has 1 aliphatic heterocycles. The van der Waals surface area contributed by atoms with E-state index in [1.807, 2.05) is 37.4 Å². The average Bonchev–Trinajstić information content (AvgIpc) is 3.10. The van der Waals surface area contributed by atoms with Crippen molar-refractivity contribution in [2.45, 2.75) is 6.42 Å². The molecule has 0 N–H and O–H groups in total. The van der Waals surface area contributed by atoms with E-state index in [1.165, 1.54) is 0 Å². The number of amides is 1. The molecule has 6 heteroatoms. The van der Waals surface area contributed by atoms with Crippen molar-refractivity contribution >= 4 is 5.91 Å². The highest BCUT2D eigenvalue weighted by atomic mass is 16.5. The number of nitrogens with zero attached hydrogens (tertiary/aromatic N) is 3. The van der Waals surface area contributed by atoms with Crippen molar-refractivity contribution in [1.29, 1.82) is 0 Å². The SMILES string of the molecule is CN(CCN1CCOCC1)C(=O)Cc1coc(-c2ccccc2)n1. The summed E-state index contributed by atoms with van der Waals surface area (Å²) in [5, 5.41) is 0. The van der Waals surface area contributed by atoms with Crippen LogP contribution in [0.5, 0.6) is 0 Å². The molecule has 1 aromatic heterocycles. The number of hydrogen-bond donors (Lipinski definition) is 0. The minimum atomic E-state index is 0.0520. The summed E-state index contributed by atoms with van der Waals surface area (Å²) in [6.07, 6.45) is 1.83. The van der Waals surface area contributed by atoms with E-state index in [9.17, 15) is 4.79 Å². The summed E-state index contributed by atoms with van der Waals surface area (Å²) in [5.74, 6) is 0.602. The molecular weight excluding hydrogens is 306 g/mol. The first-order chi connectivity index (χ1) is 11.7. The van der Waals surface area contributed by atoms with Gasteiger partial charge in [-0.3, -0.25) is 9.69 Å². The zero-order valence-corrected chi connectivity index (χ0v) is 14.0. The predicted molar refractivity (Wildman–Crippen MR) is 90.5 cm³/mol. The Hall–Kier alpha value is -2.18. The van der Waals surface area contributed by atoms with Crippen LogP contribution in [-0.2, 0) is 16.0 Å². The lowest BCUT2D eigenvalue weighted by molar-refractivity contribution is -0.129. The van der Waals surface area contributed by atoms with Gasteiger partial charge >= 0.3 is 0 Å². The van der Waals surface area contributed by atoms with Crippen molar-refractivity contribution in [3.05, 3.63) is 42.3 Å². The fraction of sp³-hybridized carbons (Fsp3) is 0.444. The number of hydrogen-bond acceptors (Lipinski definition) is 5. The molecule has 0 saturated carbocycles. The molecule has 1 aliphatic rings. The number of carbonyl (C=O) groups is 1. The molecule has 24 heavy (non-hydrogen) atoms. The number of morpholine rings is 1. The van der Waals surface area contributed by atoms with Gasteiger partial charge in [-0.1, -0.05) is 18.2 Å². The molecule has 0 bridgehead atoms. The largest absolute Gasteiger partial charge is 0.444 e. The average molecular weight is 329 g/mol. The van der Waals surface area contributed by atoms with Crippen LogP contribution in [0.25, 0.3) is 11.5 Å². The highest BCUT2D eigenvalue weighted by Gasteiger charge is 2.16. The normalized spacial score (nSPS) is 15.4. The molecule has 1 fully saturated rings. The van der Waals surface area contributed by atoms with Gasteiger partial charge in [-0.2, -0.15) is 0 Å². The molecule has 0 atom stereocenters. The number of oxazole rings is 1. The molecule has 2 heterocycles. The van der Waals surface area contributed by atoms with E-state index in [-0.39, 0.29) is 12.3 Å². The van der Waals surface area contributed by atoms with Crippen LogP contribution < -0.4 is 0 Å². The third-order valence-corrected chi connectivity index (χ3v) is 4.19. The Bertz CT molecular complexity index is 651. The number of aromatic nitrogens is 1. The van der Waals surface area contributed by atoms with E-state index in [4.69, 9.17) is 9.15 Å². The Morgan fingerprint density at radius 2 is 2.00 bits per heavy atom. The number of likely N-dealkylation sites (N-methyl/N-ethyl adjacent to an activating group) is 1. The van der Waals surface area contributed by atoms with Gasteiger partial charge in [-0.15, -0.1) is 0 Å². The summed E-state index contributed by atoms with van der Waals surface area (Å²) in [6.45, 7) is 5.01. The van der Waals surface area contributed by atoms with Gasteiger partial charge in [-0.05, 0) is 12.1 Å². The van der Waals surface area contributed by atoms with Crippen LogP contribution in [0, 0.1) is 0 Å². The second kappa shape index (κ2) is 8.08. The molecule has 1 amide bonds. The molecule has 6 nitrogen and oxygen atoms in total. The predicted octanol–water partition coefficient (Wildman–Crippen LogP) is 1.67. The zero-order valence-electron chi connectivity index (χ0n) is 14.0. The minimum absolute atomic E-state index is 0.0520. The van der Waals surface area contributed by atoms with E-state index >= 15 is 0 Å². The maximum absolute atomic E-state index is 12.3. The Balaban J connectivity index is 1.50. The van der Waals surface area contributed by atoms with Gasteiger partial charge in [0.25, 0.3) is 0 Å².